The molecule has 0 amide bonds. The summed E-state index contributed by atoms with van der Waals surface area (Å²) in [5, 5.41) is 9.20. The van der Waals surface area contributed by atoms with Gasteiger partial charge in [0.05, 0.1) is 22.2 Å². The average Bonchev–Trinajstić information content (AvgIpc) is 2.46. The molecule has 0 unspecified atom stereocenters. The summed E-state index contributed by atoms with van der Waals surface area (Å²) in [6, 6.07) is 5.39. The molecule has 0 atom stereocenters. The number of benzene rings is 1. The van der Waals surface area contributed by atoms with Crippen LogP contribution in [-0.4, -0.2) is 9.97 Å². The van der Waals surface area contributed by atoms with Gasteiger partial charge in [-0.3, -0.25) is 0 Å². The number of aromatic amines is 1. The van der Waals surface area contributed by atoms with E-state index in [9.17, 15) is 0 Å². The Hall–Kier alpha value is -1.53. The van der Waals surface area contributed by atoms with Crippen molar-refractivity contribution in [3.8, 4) is 6.07 Å². The van der Waals surface area contributed by atoms with Crippen LogP contribution in [0.1, 0.15) is 11.4 Å². The van der Waals surface area contributed by atoms with Crippen LogP contribution in [0.15, 0.2) is 12.1 Å². The first-order valence-electron chi connectivity index (χ1n) is 3.76. The highest BCUT2D eigenvalue weighted by Gasteiger charge is 2.05. The second-order valence-electron chi connectivity index (χ2n) is 2.79. The van der Waals surface area contributed by atoms with Gasteiger partial charge in [-0.25, -0.2) is 4.98 Å². The monoisotopic (exact) mass is 191 g/mol. The van der Waals surface area contributed by atoms with Gasteiger partial charge in [0.2, 0.25) is 0 Å². The number of hydrogen-bond donors (Lipinski definition) is 1. The Balaban J connectivity index is 2.85. The lowest BCUT2D eigenvalue weighted by molar-refractivity contribution is 1.17. The lowest BCUT2D eigenvalue weighted by atomic mass is 10.2. The second kappa shape index (κ2) is 2.75. The van der Waals surface area contributed by atoms with Crippen LogP contribution >= 0.6 is 11.6 Å². The van der Waals surface area contributed by atoms with Crippen LogP contribution in [0.25, 0.3) is 11.0 Å². The number of rotatable bonds is 0. The summed E-state index contributed by atoms with van der Waals surface area (Å²) in [6.07, 6.45) is 0. The lowest BCUT2D eigenvalue weighted by Crippen LogP contribution is -1.76. The summed E-state index contributed by atoms with van der Waals surface area (Å²) in [6.45, 7) is 1.85. The number of hydrogen-bond acceptors (Lipinski definition) is 2. The topological polar surface area (TPSA) is 52.5 Å². The zero-order chi connectivity index (χ0) is 9.42. The SMILES string of the molecule is Cc1nc2c(Cl)cc(C#N)cc2[nH]1. The Morgan fingerprint density at radius 1 is 1.54 bits per heavy atom. The van der Waals surface area contributed by atoms with Crippen molar-refractivity contribution in [3.63, 3.8) is 0 Å². The number of H-pyrrole nitrogens is 1. The van der Waals surface area contributed by atoms with E-state index in [4.69, 9.17) is 16.9 Å². The molecule has 0 aliphatic rings. The van der Waals surface area contributed by atoms with Gasteiger partial charge < -0.3 is 4.98 Å². The van der Waals surface area contributed by atoms with Crippen molar-refractivity contribution >= 4 is 22.6 Å². The molecule has 0 bridgehead atoms. The minimum absolute atomic E-state index is 0.512. The Morgan fingerprint density at radius 2 is 2.31 bits per heavy atom. The normalized spacial score (nSPS) is 10.2. The highest BCUT2D eigenvalue weighted by molar-refractivity contribution is 6.35. The van der Waals surface area contributed by atoms with Crippen molar-refractivity contribution in [2.45, 2.75) is 6.92 Å². The minimum Gasteiger partial charge on any atom is -0.342 e. The maximum absolute atomic E-state index is 8.69. The molecule has 1 N–H and O–H groups in total. The van der Waals surface area contributed by atoms with E-state index in [-0.39, 0.29) is 0 Å². The number of fused-ring (bicyclic) bond motifs is 1. The third-order valence-electron chi connectivity index (χ3n) is 1.79. The van der Waals surface area contributed by atoms with Crippen LogP contribution in [0.2, 0.25) is 5.02 Å². The maximum atomic E-state index is 8.69. The van der Waals surface area contributed by atoms with Gasteiger partial charge >= 0.3 is 0 Å². The smallest absolute Gasteiger partial charge is 0.107 e. The van der Waals surface area contributed by atoms with E-state index >= 15 is 0 Å². The van der Waals surface area contributed by atoms with Gasteiger partial charge in [-0.15, -0.1) is 0 Å². The van der Waals surface area contributed by atoms with Gasteiger partial charge in [0.1, 0.15) is 11.3 Å². The van der Waals surface area contributed by atoms with Crippen molar-refractivity contribution in [1.82, 2.24) is 9.97 Å². The van der Waals surface area contributed by atoms with Gasteiger partial charge in [0, 0.05) is 0 Å². The molecule has 0 saturated heterocycles. The maximum Gasteiger partial charge on any atom is 0.107 e. The van der Waals surface area contributed by atoms with E-state index in [2.05, 4.69) is 9.97 Å². The Labute approximate surface area is 80.0 Å². The number of imidazole rings is 1. The standard InChI is InChI=1S/C9H6ClN3/c1-5-12-8-3-6(4-11)2-7(10)9(8)13-5/h2-3H,1H3,(H,12,13). The van der Waals surface area contributed by atoms with Crippen LogP contribution in [-0.2, 0) is 0 Å². The molecule has 1 heterocycles. The average molecular weight is 192 g/mol. The van der Waals surface area contributed by atoms with Crippen LogP contribution in [0, 0.1) is 18.3 Å². The van der Waals surface area contributed by atoms with E-state index in [0.717, 1.165) is 16.9 Å². The molecule has 2 aromatic rings. The number of aromatic nitrogens is 2. The molecular formula is C9H6ClN3. The Bertz CT molecular complexity index is 507. The van der Waals surface area contributed by atoms with Gasteiger partial charge in [-0.2, -0.15) is 5.26 Å². The molecule has 0 spiro atoms. The molecule has 0 saturated carbocycles. The Kier molecular flexibility index (Phi) is 1.71. The fourth-order valence-electron chi connectivity index (χ4n) is 1.26. The summed E-state index contributed by atoms with van der Waals surface area (Å²) in [5.41, 5.74) is 2.07. The van der Waals surface area contributed by atoms with Gasteiger partial charge in [-0.05, 0) is 19.1 Å². The molecular weight excluding hydrogens is 186 g/mol. The van der Waals surface area contributed by atoms with Crippen LogP contribution < -0.4 is 0 Å². The predicted octanol–water partition coefficient (Wildman–Crippen LogP) is 2.40. The summed E-state index contributed by atoms with van der Waals surface area (Å²) in [7, 11) is 0. The first kappa shape index (κ1) is 8.09. The second-order valence-corrected chi connectivity index (χ2v) is 3.20. The van der Waals surface area contributed by atoms with E-state index < -0.39 is 0 Å². The number of aryl methyl sites for hydroxylation is 1. The third kappa shape index (κ3) is 1.25. The zero-order valence-corrected chi connectivity index (χ0v) is 7.68. The molecule has 4 heteroatoms. The van der Waals surface area contributed by atoms with Crippen LogP contribution in [0.4, 0.5) is 0 Å². The molecule has 0 aliphatic heterocycles. The van der Waals surface area contributed by atoms with Crippen molar-refractivity contribution in [2.24, 2.45) is 0 Å². The Morgan fingerprint density at radius 3 is 3.00 bits per heavy atom. The van der Waals surface area contributed by atoms with E-state index in [1.165, 1.54) is 0 Å². The zero-order valence-electron chi connectivity index (χ0n) is 6.93. The number of nitrogens with one attached hydrogen (secondary N) is 1. The van der Waals surface area contributed by atoms with Crippen molar-refractivity contribution in [2.75, 3.05) is 0 Å². The molecule has 3 nitrogen and oxygen atoms in total. The van der Waals surface area contributed by atoms with Gasteiger partial charge in [-0.1, -0.05) is 11.6 Å². The lowest BCUT2D eigenvalue weighted by Gasteiger charge is -1.92. The molecule has 1 aromatic carbocycles. The minimum atomic E-state index is 0.512. The quantitative estimate of drug-likeness (QED) is 0.695. The first-order chi connectivity index (χ1) is 6.20. The van der Waals surface area contributed by atoms with Gasteiger partial charge in [0.15, 0.2) is 0 Å². The fourth-order valence-corrected chi connectivity index (χ4v) is 1.52. The van der Waals surface area contributed by atoms with Crippen LogP contribution in [0.5, 0.6) is 0 Å². The van der Waals surface area contributed by atoms with Crippen LogP contribution in [0.3, 0.4) is 0 Å². The predicted molar refractivity (Wildman–Crippen MR) is 50.6 cm³/mol. The molecule has 2 rings (SSSR count). The summed E-state index contributed by atoms with van der Waals surface area (Å²) in [5.74, 6) is 0.798. The molecule has 0 fully saturated rings. The summed E-state index contributed by atoms with van der Waals surface area (Å²) >= 11 is 5.92. The van der Waals surface area contributed by atoms with Gasteiger partial charge in [0.25, 0.3) is 0 Å². The van der Waals surface area contributed by atoms with E-state index in [1.807, 2.05) is 13.0 Å². The van der Waals surface area contributed by atoms with E-state index in [1.54, 1.807) is 12.1 Å². The number of nitriles is 1. The highest BCUT2D eigenvalue weighted by Crippen LogP contribution is 2.22. The highest BCUT2D eigenvalue weighted by atomic mass is 35.5. The molecule has 13 heavy (non-hydrogen) atoms. The molecule has 64 valence electrons. The van der Waals surface area contributed by atoms with Crippen molar-refractivity contribution in [3.05, 3.63) is 28.5 Å². The largest absolute Gasteiger partial charge is 0.342 e. The number of nitrogens with zero attached hydrogens (tertiary/aromatic N) is 2. The molecule has 0 radical (unpaired) electrons. The number of halogens is 1. The summed E-state index contributed by atoms with van der Waals surface area (Å²) in [4.78, 5) is 7.22. The third-order valence-corrected chi connectivity index (χ3v) is 2.08. The molecule has 0 aliphatic carbocycles. The first-order valence-corrected chi connectivity index (χ1v) is 4.14. The fraction of sp³-hybridized carbons (Fsp3) is 0.111. The molecule has 1 aromatic heterocycles. The van der Waals surface area contributed by atoms with Crippen molar-refractivity contribution in [1.29, 1.82) is 5.26 Å². The van der Waals surface area contributed by atoms with E-state index in [0.29, 0.717) is 10.6 Å². The van der Waals surface area contributed by atoms with Crippen molar-refractivity contribution < 1.29 is 0 Å². The summed E-state index contributed by atoms with van der Waals surface area (Å²) < 4.78 is 0.